The van der Waals surface area contributed by atoms with Gasteiger partial charge in [-0.25, -0.2) is 0 Å². The summed E-state index contributed by atoms with van der Waals surface area (Å²) in [5.41, 5.74) is 2.35. The van der Waals surface area contributed by atoms with Crippen molar-refractivity contribution in [2.45, 2.75) is 6.92 Å². The molecule has 0 aromatic heterocycles. The summed E-state index contributed by atoms with van der Waals surface area (Å²) in [5.74, 6) is 1.06. The van der Waals surface area contributed by atoms with Crippen molar-refractivity contribution in [3.8, 4) is 0 Å². The summed E-state index contributed by atoms with van der Waals surface area (Å²) in [7, 11) is 0. The molecule has 1 aliphatic rings. The van der Waals surface area contributed by atoms with Gasteiger partial charge in [0, 0.05) is 0 Å². The molecular weight excluding hydrogens is 257 g/mol. The number of hydrogen-bond acceptors (Lipinski definition) is 2. The Morgan fingerprint density at radius 3 is 2.64 bits per heavy atom. The first kappa shape index (κ1) is 10.0. The second kappa shape index (κ2) is 4.35. The van der Waals surface area contributed by atoms with Crippen LogP contribution in [0.1, 0.15) is 5.56 Å². The number of aryl methyl sites for hydroxylation is 1. The zero-order valence-electron chi connectivity index (χ0n) is 7.99. The van der Waals surface area contributed by atoms with Gasteiger partial charge in [-0.3, -0.25) is 0 Å². The molecule has 1 aromatic rings. The third-order valence-electron chi connectivity index (χ3n) is 1.84. The molecule has 0 spiro atoms. The molecule has 3 heteroatoms. The van der Waals surface area contributed by atoms with E-state index in [9.17, 15) is 0 Å². The van der Waals surface area contributed by atoms with Crippen LogP contribution in [0, 0.1) is 6.92 Å². The Balaban J connectivity index is 2.17. The van der Waals surface area contributed by atoms with Gasteiger partial charge in [0.2, 0.25) is 0 Å². The molecule has 0 amide bonds. The van der Waals surface area contributed by atoms with E-state index < -0.39 is 0 Å². The Labute approximate surface area is 94.9 Å². The van der Waals surface area contributed by atoms with Crippen molar-refractivity contribution in [3.05, 3.63) is 40.9 Å². The van der Waals surface area contributed by atoms with E-state index in [-0.39, 0.29) is 0 Å². The minimum atomic E-state index is 0.412. The fraction of sp³-hybridized carbons (Fsp3) is 0.182. The van der Waals surface area contributed by atoms with Gasteiger partial charge >= 0.3 is 94.9 Å². The van der Waals surface area contributed by atoms with E-state index in [4.69, 9.17) is 0 Å². The van der Waals surface area contributed by atoms with Crippen molar-refractivity contribution < 1.29 is 0 Å². The van der Waals surface area contributed by atoms with E-state index in [0.29, 0.717) is 15.0 Å². The molecule has 0 radical (unpaired) electrons. The van der Waals surface area contributed by atoms with Crippen LogP contribution in [0.25, 0.3) is 0 Å². The molecule has 1 heterocycles. The molecule has 1 aliphatic heterocycles. The molecule has 0 N–H and O–H groups in total. The van der Waals surface area contributed by atoms with Gasteiger partial charge in [0.05, 0.1) is 0 Å². The SMILES string of the molecule is C=C1CSC(=Nc2ccc(C)cc2)[Se]1. The third-order valence-corrected chi connectivity index (χ3v) is 5.73. The molecule has 0 saturated carbocycles. The van der Waals surface area contributed by atoms with E-state index in [2.05, 4.69) is 42.8 Å². The van der Waals surface area contributed by atoms with Crippen molar-refractivity contribution in [2.75, 3.05) is 5.75 Å². The maximum atomic E-state index is 4.60. The second-order valence-corrected chi connectivity index (χ2v) is 7.14. The Bertz CT molecular complexity index is 381. The van der Waals surface area contributed by atoms with Crippen molar-refractivity contribution in [2.24, 2.45) is 4.99 Å². The van der Waals surface area contributed by atoms with Gasteiger partial charge in [-0.05, 0) is 0 Å². The van der Waals surface area contributed by atoms with E-state index in [1.807, 2.05) is 11.8 Å². The summed E-state index contributed by atoms with van der Waals surface area (Å²) in [4.78, 5) is 4.60. The molecular formula is C11H11NSSe. The summed E-state index contributed by atoms with van der Waals surface area (Å²) < 4.78 is 2.60. The van der Waals surface area contributed by atoms with Crippen LogP contribution in [-0.2, 0) is 0 Å². The normalized spacial score (nSPS) is 19.2. The van der Waals surface area contributed by atoms with Crippen LogP contribution < -0.4 is 0 Å². The molecule has 72 valence electrons. The first-order valence-electron chi connectivity index (χ1n) is 4.38. The fourth-order valence-electron chi connectivity index (χ4n) is 1.10. The van der Waals surface area contributed by atoms with E-state index in [1.54, 1.807) is 0 Å². The van der Waals surface area contributed by atoms with Gasteiger partial charge in [-0.15, -0.1) is 0 Å². The van der Waals surface area contributed by atoms with Gasteiger partial charge in [-0.2, -0.15) is 0 Å². The molecule has 0 aliphatic carbocycles. The van der Waals surface area contributed by atoms with Crippen LogP contribution in [0.4, 0.5) is 5.69 Å². The summed E-state index contributed by atoms with van der Waals surface area (Å²) in [6.45, 7) is 6.08. The number of hydrogen-bond donors (Lipinski definition) is 0. The Morgan fingerprint density at radius 1 is 1.36 bits per heavy atom. The molecule has 0 atom stereocenters. The molecule has 0 unspecified atom stereocenters. The first-order chi connectivity index (χ1) is 6.74. The molecule has 1 fully saturated rings. The van der Waals surface area contributed by atoms with E-state index >= 15 is 0 Å². The first-order valence-corrected chi connectivity index (χ1v) is 7.08. The van der Waals surface area contributed by atoms with Crippen LogP contribution >= 0.6 is 11.8 Å². The molecule has 1 aromatic carbocycles. The molecule has 2 rings (SSSR count). The van der Waals surface area contributed by atoms with E-state index in [1.165, 1.54) is 14.0 Å². The Morgan fingerprint density at radius 2 is 2.07 bits per heavy atom. The van der Waals surface area contributed by atoms with Crippen LogP contribution in [0.3, 0.4) is 0 Å². The standard InChI is InChI=1S/C11H11NSSe/c1-8-3-5-10(6-4-8)12-11-13-7-9(2)14-11/h3-6H,2,7H2,1H3. The predicted octanol–water partition coefficient (Wildman–Crippen LogP) is 2.95. The van der Waals surface area contributed by atoms with Crippen molar-refractivity contribution in [1.82, 2.24) is 0 Å². The topological polar surface area (TPSA) is 12.4 Å². The van der Waals surface area contributed by atoms with Gasteiger partial charge < -0.3 is 0 Å². The van der Waals surface area contributed by atoms with Gasteiger partial charge in [-0.1, -0.05) is 0 Å². The van der Waals surface area contributed by atoms with Gasteiger partial charge in [0.15, 0.2) is 0 Å². The van der Waals surface area contributed by atoms with E-state index in [0.717, 1.165) is 11.4 Å². The van der Waals surface area contributed by atoms with Crippen LogP contribution in [0.5, 0.6) is 0 Å². The molecule has 14 heavy (non-hydrogen) atoms. The van der Waals surface area contributed by atoms with Crippen LogP contribution in [0.2, 0.25) is 0 Å². The molecule has 0 bridgehead atoms. The van der Waals surface area contributed by atoms with Crippen molar-refractivity contribution in [1.29, 1.82) is 0 Å². The average molecular weight is 268 g/mol. The van der Waals surface area contributed by atoms with Gasteiger partial charge in [0.1, 0.15) is 0 Å². The number of nitrogens with zero attached hydrogens (tertiary/aromatic N) is 1. The summed E-state index contributed by atoms with van der Waals surface area (Å²) in [6.07, 6.45) is 0. The quantitative estimate of drug-likeness (QED) is 0.713. The van der Waals surface area contributed by atoms with Crippen LogP contribution in [-0.4, -0.2) is 24.7 Å². The van der Waals surface area contributed by atoms with Crippen LogP contribution in [0.15, 0.2) is 40.3 Å². The van der Waals surface area contributed by atoms with Crippen molar-refractivity contribution in [3.63, 3.8) is 0 Å². The number of benzene rings is 1. The second-order valence-electron chi connectivity index (χ2n) is 3.14. The summed E-state index contributed by atoms with van der Waals surface area (Å²) in [5, 5.41) is 0. The predicted molar refractivity (Wildman–Crippen MR) is 65.6 cm³/mol. The zero-order valence-corrected chi connectivity index (χ0v) is 10.5. The maximum absolute atomic E-state index is 4.60. The minimum absolute atomic E-state index is 0.412. The Kier molecular flexibility index (Phi) is 3.12. The Hall–Kier alpha value is -0.501. The fourth-order valence-corrected chi connectivity index (χ4v) is 4.61. The monoisotopic (exact) mass is 269 g/mol. The average Bonchev–Trinajstić information content (AvgIpc) is 2.56. The number of aliphatic imine (C=N–C) groups is 1. The summed E-state index contributed by atoms with van der Waals surface area (Å²) in [6, 6.07) is 8.34. The summed E-state index contributed by atoms with van der Waals surface area (Å²) >= 11 is 2.24. The number of rotatable bonds is 1. The zero-order chi connectivity index (χ0) is 9.97. The molecule has 1 nitrogen and oxygen atoms in total. The number of thioether (sulfide) groups is 1. The molecule has 1 saturated heterocycles. The van der Waals surface area contributed by atoms with Crippen molar-refractivity contribution >= 4 is 36.3 Å². The van der Waals surface area contributed by atoms with Gasteiger partial charge in [0.25, 0.3) is 0 Å². The third kappa shape index (κ3) is 2.50.